The molecule has 7 heteroatoms. The van der Waals surface area contributed by atoms with Crippen LogP contribution in [0.5, 0.6) is 17.2 Å². The van der Waals surface area contributed by atoms with Crippen LogP contribution >= 0.6 is 0 Å². The normalized spacial score (nSPS) is 17.8. The van der Waals surface area contributed by atoms with Crippen molar-refractivity contribution in [3.05, 3.63) is 59.2 Å². The summed E-state index contributed by atoms with van der Waals surface area (Å²) in [6, 6.07) is 10.6. The van der Waals surface area contributed by atoms with Gasteiger partial charge in [0, 0.05) is 12.1 Å². The molecule has 2 aromatic carbocycles. The molecule has 1 aliphatic heterocycles. The van der Waals surface area contributed by atoms with Gasteiger partial charge in [0.15, 0.2) is 11.5 Å². The summed E-state index contributed by atoms with van der Waals surface area (Å²) in [6.45, 7) is 2.42. The van der Waals surface area contributed by atoms with Gasteiger partial charge in [-0.2, -0.15) is 0 Å². The molecule has 1 saturated heterocycles. The molecule has 164 valence electrons. The summed E-state index contributed by atoms with van der Waals surface area (Å²) in [5.41, 5.74) is 0.867. The number of amides is 1. The van der Waals surface area contributed by atoms with Crippen LogP contribution in [0.2, 0.25) is 0 Å². The Hall–Kier alpha value is -3.48. The number of carbonyl (C=O) groups is 2. The number of nitrogens with zero attached hydrogens (tertiary/aromatic N) is 1. The molecule has 7 nitrogen and oxygen atoms in total. The second-order valence-corrected chi connectivity index (χ2v) is 7.36. The van der Waals surface area contributed by atoms with E-state index in [9.17, 15) is 19.8 Å². The molecule has 2 aromatic rings. The third-order valence-corrected chi connectivity index (χ3v) is 5.40. The summed E-state index contributed by atoms with van der Waals surface area (Å²) in [7, 11) is 2.94. The molecule has 0 aliphatic carbocycles. The van der Waals surface area contributed by atoms with Gasteiger partial charge in [0.1, 0.15) is 11.5 Å². The number of benzene rings is 2. The Morgan fingerprint density at radius 3 is 2.48 bits per heavy atom. The van der Waals surface area contributed by atoms with E-state index >= 15 is 0 Å². The van der Waals surface area contributed by atoms with Crippen LogP contribution in [-0.4, -0.2) is 47.6 Å². The van der Waals surface area contributed by atoms with Crippen molar-refractivity contribution in [2.75, 3.05) is 20.8 Å². The minimum Gasteiger partial charge on any atom is -0.507 e. The molecule has 0 bridgehead atoms. The van der Waals surface area contributed by atoms with E-state index in [2.05, 4.69) is 6.92 Å². The van der Waals surface area contributed by atoms with Crippen molar-refractivity contribution >= 4 is 17.4 Å². The van der Waals surface area contributed by atoms with Gasteiger partial charge in [0.05, 0.1) is 25.8 Å². The van der Waals surface area contributed by atoms with E-state index in [1.807, 2.05) is 0 Å². The van der Waals surface area contributed by atoms with Crippen molar-refractivity contribution in [1.82, 2.24) is 4.90 Å². The fourth-order valence-electron chi connectivity index (χ4n) is 3.79. The Labute approximate surface area is 181 Å². The minimum absolute atomic E-state index is 0.0145. The first-order chi connectivity index (χ1) is 14.9. The maximum absolute atomic E-state index is 13.0. The first-order valence-corrected chi connectivity index (χ1v) is 10.2. The Balaban J connectivity index is 2.15. The predicted octanol–water partition coefficient (Wildman–Crippen LogP) is 4.02. The summed E-state index contributed by atoms with van der Waals surface area (Å²) < 4.78 is 10.3. The van der Waals surface area contributed by atoms with Crippen molar-refractivity contribution in [2.24, 2.45) is 0 Å². The third kappa shape index (κ3) is 4.35. The molecule has 0 aromatic heterocycles. The number of methoxy groups -OCH3 is 2. The van der Waals surface area contributed by atoms with Gasteiger partial charge in [-0.25, -0.2) is 0 Å². The van der Waals surface area contributed by atoms with Gasteiger partial charge < -0.3 is 24.6 Å². The number of rotatable bonds is 8. The standard InChI is InChI=1S/C24H27NO6/c1-4-5-6-12-25-21(15-10-11-19(31-3)18(26)14-15)20(23(28)24(25)29)22(27)16-8-7-9-17(13-16)30-2/h7-11,13-14,21,26-27H,4-6,12H2,1-3H3/b22-20-. The van der Waals surface area contributed by atoms with Crippen molar-refractivity contribution in [2.45, 2.75) is 32.2 Å². The van der Waals surface area contributed by atoms with Crippen LogP contribution in [0.25, 0.3) is 5.76 Å². The molecule has 31 heavy (non-hydrogen) atoms. The largest absolute Gasteiger partial charge is 0.507 e. The van der Waals surface area contributed by atoms with Crippen molar-refractivity contribution in [1.29, 1.82) is 0 Å². The zero-order valence-corrected chi connectivity index (χ0v) is 17.9. The summed E-state index contributed by atoms with van der Waals surface area (Å²) in [5, 5.41) is 21.3. The highest BCUT2D eigenvalue weighted by atomic mass is 16.5. The van der Waals surface area contributed by atoms with Gasteiger partial charge in [-0.05, 0) is 36.2 Å². The van der Waals surface area contributed by atoms with Gasteiger partial charge in [-0.15, -0.1) is 0 Å². The van der Waals surface area contributed by atoms with Gasteiger partial charge in [-0.1, -0.05) is 38.0 Å². The van der Waals surface area contributed by atoms with E-state index in [-0.39, 0.29) is 22.8 Å². The maximum atomic E-state index is 13.0. The fraction of sp³-hybridized carbons (Fsp3) is 0.333. The lowest BCUT2D eigenvalue weighted by molar-refractivity contribution is -0.139. The lowest BCUT2D eigenvalue weighted by Gasteiger charge is -2.25. The van der Waals surface area contributed by atoms with E-state index in [0.717, 1.165) is 19.3 Å². The first-order valence-electron chi connectivity index (χ1n) is 10.2. The molecule has 3 rings (SSSR count). The topological polar surface area (TPSA) is 96.3 Å². The smallest absolute Gasteiger partial charge is 0.295 e. The number of unbranched alkanes of at least 4 members (excludes halogenated alkanes) is 2. The molecule has 1 fully saturated rings. The van der Waals surface area contributed by atoms with Crippen LogP contribution in [0.1, 0.15) is 43.4 Å². The Bertz CT molecular complexity index is 1010. The lowest BCUT2D eigenvalue weighted by atomic mass is 9.95. The lowest BCUT2D eigenvalue weighted by Crippen LogP contribution is -2.30. The molecule has 2 N–H and O–H groups in total. The number of carbonyl (C=O) groups excluding carboxylic acids is 2. The van der Waals surface area contributed by atoms with Crippen LogP contribution in [-0.2, 0) is 9.59 Å². The van der Waals surface area contributed by atoms with Crippen LogP contribution in [0.15, 0.2) is 48.0 Å². The quantitative estimate of drug-likeness (QED) is 0.287. The number of phenolic OH excluding ortho intramolecular Hbond substituents is 1. The number of aromatic hydroxyl groups is 1. The fourth-order valence-corrected chi connectivity index (χ4v) is 3.79. The van der Waals surface area contributed by atoms with Crippen molar-refractivity contribution in [3.8, 4) is 17.2 Å². The number of hydrogen-bond acceptors (Lipinski definition) is 6. The Morgan fingerprint density at radius 1 is 1.06 bits per heavy atom. The van der Waals surface area contributed by atoms with Crippen LogP contribution in [0.3, 0.4) is 0 Å². The van der Waals surface area contributed by atoms with Crippen LogP contribution in [0.4, 0.5) is 0 Å². The molecule has 1 aliphatic rings. The maximum Gasteiger partial charge on any atom is 0.295 e. The minimum atomic E-state index is -0.820. The molecule has 1 amide bonds. The van der Waals surface area contributed by atoms with Crippen molar-refractivity contribution < 1.29 is 29.3 Å². The molecule has 0 saturated carbocycles. The van der Waals surface area contributed by atoms with E-state index < -0.39 is 17.7 Å². The molecular formula is C24H27NO6. The number of phenols is 1. The Morgan fingerprint density at radius 2 is 1.84 bits per heavy atom. The van der Waals surface area contributed by atoms with Gasteiger partial charge in [0.25, 0.3) is 11.7 Å². The Kier molecular flexibility index (Phi) is 6.84. The van der Waals surface area contributed by atoms with E-state index in [1.165, 1.54) is 25.2 Å². The highest BCUT2D eigenvalue weighted by Crippen LogP contribution is 2.42. The van der Waals surface area contributed by atoms with E-state index in [0.29, 0.717) is 23.4 Å². The van der Waals surface area contributed by atoms with E-state index in [1.54, 1.807) is 36.4 Å². The zero-order valence-electron chi connectivity index (χ0n) is 17.9. The van der Waals surface area contributed by atoms with Gasteiger partial charge >= 0.3 is 0 Å². The second kappa shape index (κ2) is 9.55. The van der Waals surface area contributed by atoms with E-state index in [4.69, 9.17) is 9.47 Å². The van der Waals surface area contributed by atoms with Crippen LogP contribution in [0, 0.1) is 0 Å². The number of ether oxygens (including phenoxy) is 2. The summed E-state index contributed by atoms with van der Waals surface area (Å²) >= 11 is 0. The van der Waals surface area contributed by atoms with Gasteiger partial charge in [-0.3, -0.25) is 9.59 Å². The summed E-state index contributed by atoms with van der Waals surface area (Å²) in [5.74, 6) is -1.02. The highest BCUT2D eigenvalue weighted by Gasteiger charge is 2.46. The molecule has 0 radical (unpaired) electrons. The SMILES string of the molecule is CCCCCN1C(=O)C(=O)/C(=C(\O)c2cccc(OC)c2)C1c1ccc(OC)c(O)c1. The molecule has 0 spiro atoms. The number of Topliss-reactive ketones (excluding diaryl/α,β-unsaturated/α-hetero) is 1. The summed E-state index contributed by atoms with van der Waals surface area (Å²) in [4.78, 5) is 27.3. The predicted molar refractivity (Wildman–Crippen MR) is 116 cm³/mol. The number of likely N-dealkylation sites (tertiary alicyclic amines) is 1. The summed E-state index contributed by atoms with van der Waals surface area (Å²) in [6.07, 6.45) is 2.59. The first kappa shape index (κ1) is 22.2. The molecular weight excluding hydrogens is 398 g/mol. The zero-order chi connectivity index (χ0) is 22.5. The molecule has 1 unspecified atom stereocenters. The second-order valence-electron chi connectivity index (χ2n) is 7.36. The molecule has 1 heterocycles. The highest BCUT2D eigenvalue weighted by molar-refractivity contribution is 6.46. The number of aliphatic hydroxyl groups is 1. The van der Waals surface area contributed by atoms with Crippen LogP contribution < -0.4 is 9.47 Å². The van der Waals surface area contributed by atoms with Crippen molar-refractivity contribution in [3.63, 3.8) is 0 Å². The number of ketones is 1. The number of aliphatic hydroxyl groups excluding tert-OH is 1. The molecule has 1 atom stereocenters. The monoisotopic (exact) mass is 425 g/mol. The van der Waals surface area contributed by atoms with Gasteiger partial charge in [0.2, 0.25) is 0 Å². The average molecular weight is 425 g/mol. The third-order valence-electron chi connectivity index (χ3n) is 5.40. The number of hydrogen-bond donors (Lipinski definition) is 2. The average Bonchev–Trinajstić information content (AvgIpc) is 3.03.